The van der Waals surface area contributed by atoms with E-state index in [0.29, 0.717) is 0 Å². The monoisotopic (exact) mass is 1070 g/mol. The molecule has 410 valence electrons. The molecule has 3 aromatic carbocycles. The van der Waals surface area contributed by atoms with Gasteiger partial charge in [-0.2, -0.15) is 0 Å². The summed E-state index contributed by atoms with van der Waals surface area (Å²) in [5.41, 5.74) is 10.6. The van der Waals surface area contributed by atoms with Gasteiger partial charge in [0, 0.05) is 60.5 Å². The van der Waals surface area contributed by atoms with Crippen molar-refractivity contribution in [2.75, 3.05) is 0 Å². The van der Waals surface area contributed by atoms with Gasteiger partial charge in [-0.15, -0.1) is 45.3 Å². The summed E-state index contributed by atoms with van der Waals surface area (Å²) in [7, 11) is 0. The topological polar surface area (TPSA) is 0 Å². The smallest absolute Gasteiger partial charge is 0.0397 e. The van der Waals surface area contributed by atoms with E-state index < -0.39 is 0 Å². The van der Waals surface area contributed by atoms with Crippen LogP contribution in [0.4, 0.5) is 0 Å². The average Bonchev–Trinajstić information content (AvgIpc) is 4.25. The second-order valence-electron chi connectivity index (χ2n) is 23.3. The summed E-state index contributed by atoms with van der Waals surface area (Å²) >= 11 is 8.77. The Bertz CT molecular complexity index is 2490. The van der Waals surface area contributed by atoms with E-state index in [1.54, 1.807) is 93.9 Å². The first-order valence-corrected chi connectivity index (χ1v) is 35.7. The third-order valence-corrected chi connectivity index (χ3v) is 21.9. The highest BCUT2D eigenvalue weighted by atomic mass is 32.1. The predicted octanol–water partition coefficient (Wildman–Crippen LogP) is 26.3. The predicted molar refractivity (Wildman–Crippen MR) is 345 cm³/mol. The SMILES string of the molecule is CCCCCCCCc1c(CCCCCCCC)c2sc3c(CCCCCCCC)c(CCCCCCCC)c4sc5c(CCCCCCCC)c(CCCCCCCC)c6sccc6c5c4c3c2c2ccsc12. The van der Waals surface area contributed by atoms with E-state index in [1.807, 2.05) is 0 Å². The van der Waals surface area contributed by atoms with E-state index >= 15 is 0 Å². The lowest BCUT2D eigenvalue weighted by Crippen LogP contribution is -1.98. The van der Waals surface area contributed by atoms with Crippen molar-refractivity contribution in [2.24, 2.45) is 0 Å². The van der Waals surface area contributed by atoms with Crippen LogP contribution in [0.25, 0.3) is 60.5 Å². The van der Waals surface area contributed by atoms with Crippen molar-refractivity contribution in [3.63, 3.8) is 0 Å². The molecule has 0 nitrogen and oxygen atoms in total. The number of thiophene rings is 4. The zero-order valence-corrected chi connectivity index (χ0v) is 51.9. The maximum atomic E-state index is 2.59. The largest absolute Gasteiger partial charge is 0.143 e. The molecule has 0 fully saturated rings. The van der Waals surface area contributed by atoms with E-state index in [9.17, 15) is 0 Å². The Labute approximate surface area is 470 Å². The normalized spacial score (nSPS) is 12.3. The molecule has 4 heterocycles. The Morgan fingerprint density at radius 1 is 0.230 bits per heavy atom. The fourth-order valence-electron chi connectivity index (χ4n) is 13.1. The van der Waals surface area contributed by atoms with Crippen LogP contribution in [0.15, 0.2) is 22.9 Å². The summed E-state index contributed by atoms with van der Waals surface area (Å²) < 4.78 is 10.1. The highest BCUT2D eigenvalue weighted by Gasteiger charge is 2.29. The van der Waals surface area contributed by atoms with E-state index in [0.717, 1.165) is 0 Å². The molecule has 0 radical (unpaired) electrons. The summed E-state index contributed by atoms with van der Waals surface area (Å²) in [6, 6.07) is 5.18. The molecule has 0 aliphatic carbocycles. The quantitative estimate of drug-likeness (QED) is 0.0335. The molecule has 0 atom stereocenters. The van der Waals surface area contributed by atoms with Crippen LogP contribution < -0.4 is 0 Å². The standard InChI is InChI=1S/C70H106S4/c1-7-13-19-25-31-37-43-53-55(45-39-33-27-21-15-9-3)67-61(59-49-51-71-65(53)59)63-64-62-60-50-52-72-66(60)54(44-38-32-26-20-14-8-2)56(46-40-34-28-22-16-10-4)68(62)74-70(64)58(48-42-36-30-24-18-12-6)57(69(63)73-67)47-41-35-29-23-17-11-5/h49-52H,7-48H2,1-6H3. The molecule has 0 aliphatic heterocycles. The number of benzene rings is 3. The van der Waals surface area contributed by atoms with Gasteiger partial charge in [-0.3, -0.25) is 0 Å². The van der Waals surface area contributed by atoms with Gasteiger partial charge < -0.3 is 0 Å². The maximum Gasteiger partial charge on any atom is 0.0397 e. The van der Waals surface area contributed by atoms with Crippen LogP contribution in [0.2, 0.25) is 0 Å². The van der Waals surface area contributed by atoms with Crippen molar-refractivity contribution in [3.05, 3.63) is 56.3 Å². The van der Waals surface area contributed by atoms with Crippen molar-refractivity contribution < 1.29 is 0 Å². The first-order chi connectivity index (χ1) is 36.6. The van der Waals surface area contributed by atoms with E-state index in [2.05, 4.69) is 110 Å². The fourth-order valence-corrected chi connectivity index (χ4v) is 18.1. The van der Waals surface area contributed by atoms with Crippen molar-refractivity contribution in [2.45, 2.75) is 311 Å². The first kappa shape index (κ1) is 59.7. The first-order valence-electron chi connectivity index (χ1n) is 32.3. The van der Waals surface area contributed by atoms with Crippen LogP contribution in [0.1, 0.15) is 306 Å². The lowest BCUT2D eigenvalue weighted by Gasteiger charge is -2.16. The molecule has 0 N–H and O–H groups in total. The van der Waals surface area contributed by atoms with Crippen LogP contribution in [-0.4, -0.2) is 0 Å². The van der Waals surface area contributed by atoms with Gasteiger partial charge in [0.2, 0.25) is 0 Å². The molecule has 0 bridgehead atoms. The van der Waals surface area contributed by atoms with Gasteiger partial charge in [-0.1, -0.05) is 234 Å². The van der Waals surface area contributed by atoms with Crippen LogP contribution in [0.3, 0.4) is 0 Å². The Balaban J connectivity index is 1.51. The number of fused-ring (bicyclic) bond motifs is 11. The molecule has 4 heteroatoms. The van der Waals surface area contributed by atoms with Crippen molar-refractivity contribution in [3.8, 4) is 0 Å². The van der Waals surface area contributed by atoms with E-state index in [1.165, 1.54) is 270 Å². The summed E-state index contributed by atoms with van der Waals surface area (Å²) in [6.07, 6.45) is 56.7. The number of rotatable bonds is 42. The minimum Gasteiger partial charge on any atom is -0.143 e. The maximum absolute atomic E-state index is 2.59. The second-order valence-corrected chi connectivity index (χ2v) is 27.2. The van der Waals surface area contributed by atoms with Gasteiger partial charge in [0.15, 0.2) is 0 Å². The Morgan fingerprint density at radius 3 is 0.676 bits per heavy atom. The molecular weight excluding hydrogens is 969 g/mol. The van der Waals surface area contributed by atoms with Crippen molar-refractivity contribution in [1.82, 2.24) is 0 Å². The molecule has 0 saturated carbocycles. The molecule has 0 amide bonds. The molecule has 0 saturated heterocycles. The second kappa shape index (κ2) is 33.5. The third-order valence-electron chi connectivity index (χ3n) is 17.4. The lowest BCUT2D eigenvalue weighted by molar-refractivity contribution is 0.601. The Hall–Kier alpha value is -1.98. The van der Waals surface area contributed by atoms with E-state index in [4.69, 9.17) is 0 Å². The summed E-state index contributed by atoms with van der Waals surface area (Å²) in [4.78, 5) is 0. The molecular formula is C70H106S4. The number of aryl methyl sites for hydroxylation is 6. The van der Waals surface area contributed by atoms with Crippen LogP contribution in [-0.2, 0) is 38.5 Å². The zero-order chi connectivity index (χ0) is 51.7. The highest BCUT2D eigenvalue weighted by molar-refractivity contribution is 7.29. The summed E-state index contributed by atoms with van der Waals surface area (Å²) in [5, 5.41) is 14.8. The summed E-state index contributed by atoms with van der Waals surface area (Å²) in [5.74, 6) is 0. The number of hydrogen-bond acceptors (Lipinski definition) is 4. The molecule has 0 unspecified atom stereocenters. The summed E-state index contributed by atoms with van der Waals surface area (Å²) in [6.45, 7) is 14.2. The molecule has 74 heavy (non-hydrogen) atoms. The molecule has 7 rings (SSSR count). The van der Waals surface area contributed by atoms with Gasteiger partial charge in [0.1, 0.15) is 0 Å². The van der Waals surface area contributed by atoms with E-state index in [-0.39, 0.29) is 0 Å². The Kier molecular flexibility index (Phi) is 27.0. The number of unbranched alkanes of at least 4 members (excludes halogenated alkanes) is 30. The lowest BCUT2D eigenvalue weighted by atomic mass is 9.87. The van der Waals surface area contributed by atoms with Gasteiger partial charge in [0.05, 0.1) is 0 Å². The van der Waals surface area contributed by atoms with Gasteiger partial charge in [-0.25, -0.2) is 0 Å². The zero-order valence-electron chi connectivity index (χ0n) is 48.6. The minimum atomic E-state index is 1.25. The van der Waals surface area contributed by atoms with Crippen LogP contribution in [0.5, 0.6) is 0 Å². The molecule has 7 aromatic rings. The van der Waals surface area contributed by atoms with Gasteiger partial charge in [0.25, 0.3) is 0 Å². The van der Waals surface area contributed by atoms with Crippen molar-refractivity contribution >= 4 is 106 Å². The Morgan fingerprint density at radius 2 is 0.432 bits per heavy atom. The van der Waals surface area contributed by atoms with Crippen molar-refractivity contribution in [1.29, 1.82) is 0 Å². The number of hydrogen-bond donors (Lipinski definition) is 0. The van der Waals surface area contributed by atoms with Gasteiger partial charge >= 0.3 is 0 Å². The van der Waals surface area contributed by atoms with Gasteiger partial charge in [-0.05, 0) is 133 Å². The fraction of sp³-hybridized carbons (Fsp3) is 0.686. The molecule has 4 aromatic heterocycles. The average molecular weight is 1080 g/mol. The molecule has 0 spiro atoms. The third kappa shape index (κ3) is 15.6. The van der Waals surface area contributed by atoms with Crippen LogP contribution >= 0.6 is 45.3 Å². The molecule has 0 aliphatic rings. The highest BCUT2D eigenvalue weighted by Crippen LogP contribution is 2.55. The van der Waals surface area contributed by atoms with Crippen LogP contribution in [0, 0.1) is 0 Å². The minimum absolute atomic E-state index is 1.25.